The lowest BCUT2D eigenvalue weighted by molar-refractivity contribution is -0.159. The van der Waals surface area contributed by atoms with Crippen molar-refractivity contribution in [1.29, 1.82) is 0 Å². The zero-order valence-corrected chi connectivity index (χ0v) is 20.3. The summed E-state index contributed by atoms with van der Waals surface area (Å²) in [4.78, 5) is 27.5. The molecule has 8 heteroatoms. The third kappa shape index (κ3) is 11.4. The first-order valence-electron chi connectivity index (χ1n) is 12.3. The average molecular weight is 474 g/mol. The van der Waals surface area contributed by atoms with Crippen LogP contribution in [0.25, 0.3) is 0 Å². The highest BCUT2D eigenvalue weighted by molar-refractivity contribution is 5.69. The topological polar surface area (TPSA) is 106 Å². The van der Waals surface area contributed by atoms with E-state index in [1.807, 2.05) is 0 Å². The third-order valence-electron chi connectivity index (χ3n) is 5.30. The minimum Gasteiger partial charge on any atom is -0.460 e. The van der Waals surface area contributed by atoms with Crippen molar-refractivity contribution >= 4 is 11.8 Å². The van der Waals surface area contributed by atoms with Gasteiger partial charge in [-0.15, -0.1) is 0 Å². The lowest BCUT2D eigenvalue weighted by atomic mass is 10.1. The van der Waals surface area contributed by atoms with Crippen LogP contribution in [-0.4, -0.2) is 35.0 Å². The van der Waals surface area contributed by atoms with Crippen molar-refractivity contribution in [3.63, 3.8) is 0 Å². The van der Waals surface area contributed by atoms with Crippen LogP contribution in [-0.2, 0) is 19.0 Å². The van der Waals surface area contributed by atoms with E-state index in [1.165, 1.54) is 42.5 Å². The smallest absolute Gasteiger partial charge is 0.351 e. The van der Waals surface area contributed by atoms with Gasteiger partial charge in [0.1, 0.15) is 12.4 Å². The minimum atomic E-state index is -0.703. The van der Waals surface area contributed by atoms with Crippen LogP contribution < -0.4 is 11.4 Å². The van der Waals surface area contributed by atoms with Crippen LogP contribution in [0.15, 0.2) is 53.5 Å². The van der Waals surface area contributed by atoms with E-state index < -0.39 is 18.2 Å². The molecule has 0 saturated carbocycles. The van der Waals surface area contributed by atoms with Crippen LogP contribution in [0.3, 0.4) is 0 Å². The molecule has 1 aliphatic heterocycles. The SMILES string of the molecule is CCCCC/C=C\C/C=C\C/C=C\CCCCC(=O)OCC1OCC(n2ccc(N)nc2=O)O1. The first-order valence-corrected chi connectivity index (χ1v) is 12.3. The second-order valence-electron chi connectivity index (χ2n) is 8.21. The Bertz CT molecular complexity index is 862. The molecule has 0 amide bonds. The number of nitrogen functional groups attached to an aromatic ring is 1. The Labute approximate surface area is 202 Å². The van der Waals surface area contributed by atoms with Gasteiger partial charge in [0, 0.05) is 12.6 Å². The number of carbonyl (C=O) groups excluding carboxylic acids is 1. The number of aromatic nitrogens is 2. The Morgan fingerprint density at radius 1 is 1.12 bits per heavy atom. The van der Waals surface area contributed by atoms with E-state index in [1.54, 1.807) is 0 Å². The van der Waals surface area contributed by atoms with Crippen molar-refractivity contribution in [2.45, 2.75) is 83.6 Å². The number of hydrogen-bond acceptors (Lipinski definition) is 7. The van der Waals surface area contributed by atoms with Gasteiger partial charge in [-0.2, -0.15) is 4.98 Å². The molecule has 188 valence electrons. The van der Waals surface area contributed by atoms with Gasteiger partial charge < -0.3 is 19.9 Å². The van der Waals surface area contributed by atoms with Crippen molar-refractivity contribution < 1.29 is 19.0 Å². The van der Waals surface area contributed by atoms with Crippen molar-refractivity contribution in [3.8, 4) is 0 Å². The van der Waals surface area contributed by atoms with Gasteiger partial charge in [-0.25, -0.2) is 4.79 Å². The minimum absolute atomic E-state index is 0.00729. The maximum Gasteiger partial charge on any atom is 0.351 e. The number of carbonyl (C=O) groups is 1. The zero-order chi connectivity index (χ0) is 24.4. The summed E-state index contributed by atoms with van der Waals surface area (Å²) < 4.78 is 17.6. The molecule has 2 unspecified atom stereocenters. The summed E-state index contributed by atoms with van der Waals surface area (Å²) in [5, 5.41) is 0. The first kappa shape index (κ1) is 27.5. The summed E-state index contributed by atoms with van der Waals surface area (Å²) in [5.74, 6) is -0.133. The summed E-state index contributed by atoms with van der Waals surface area (Å²) >= 11 is 0. The molecule has 1 saturated heterocycles. The standard InChI is InChI=1S/C26H39N3O5/c1-2-3-4-5-6-7-8-9-10-11-12-13-14-15-16-17-24(30)32-21-25-33-20-23(34-25)29-19-18-22(27)28-26(29)31/h6-7,9-10,12-13,18-19,23,25H,2-5,8,11,14-17,20-21H2,1H3,(H2,27,28,31)/b7-6-,10-9-,13-12-. The second kappa shape index (κ2) is 16.8. The van der Waals surface area contributed by atoms with Crippen LogP contribution in [0.4, 0.5) is 5.82 Å². The van der Waals surface area contributed by atoms with Gasteiger partial charge in [-0.05, 0) is 51.0 Å². The molecule has 1 fully saturated rings. The van der Waals surface area contributed by atoms with Gasteiger partial charge in [0.2, 0.25) is 0 Å². The summed E-state index contributed by atoms with van der Waals surface area (Å²) in [7, 11) is 0. The van der Waals surface area contributed by atoms with Gasteiger partial charge in [0.15, 0.2) is 12.5 Å². The van der Waals surface area contributed by atoms with Crippen LogP contribution in [0.1, 0.15) is 77.4 Å². The Morgan fingerprint density at radius 2 is 1.79 bits per heavy atom. The summed E-state index contributed by atoms with van der Waals surface area (Å²) in [5.41, 5.74) is 4.97. The quantitative estimate of drug-likeness (QED) is 0.208. The first-order chi connectivity index (χ1) is 16.6. The number of hydrogen-bond donors (Lipinski definition) is 1. The highest BCUT2D eigenvalue weighted by Crippen LogP contribution is 2.20. The number of anilines is 1. The number of nitrogens with two attached hydrogens (primary N) is 1. The predicted molar refractivity (Wildman–Crippen MR) is 133 cm³/mol. The Morgan fingerprint density at radius 3 is 2.47 bits per heavy atom. The molecule has 2 atom stereocenters. The van der Waals surface area contributed by atoms with Gasteiger partial charge in [0.25, 0.3) is 0 Å². The number of unbranched alkanes of at least 4 members (excludes halogenated alkanes) is 5. The molecule has 0 spiro atoms. The van der Waals surface area contributed by atoms with E-state index in [2.05, 4.69) is 48.4 Å². The van der Waals surface area contributed by atoms with E-state index in [0.717, 1.165) is 32.1 Å². The number of nitrogens with zero attached hydrogens (tertiary/aromatic N) is 2. The maximum absolute atomic E-state index is 11.9. The lowest BCUT2D eigenvalue weighted by Crippen LogP contribution is -2.29. The summed E-state index contributed by atoms with van der Waals surface area (Å²) in [6, 6.07) is 1.51. The predicted octanol–water partition coefficient (Wildman–Crippen LogP) is 4.83. The fourth-order valence-electron chi connectivity index (χ4n) is 3.38. The molecule has 0 bridgehead atoms. The monoisotopic (exact) mass is 473 g/mol. The molecular weight excluding hydrogens is 434 g/mol. The van der Waals surface area contributed by atoms with Crippen LogP contribution in [0.5, 0.6) is 0 Å². The number of esters is 1. The van der Waals surface area contributed by atoms with E-state index in [4.69, 9.17) is 19.9 Å². The molecule has 34 heavy (non-hydrogen) atoms. The van der Waals surface area contributed by atoms with Crippen molar-refractivity contribution in [3.05, 3.63) is 59.2 Å². The molecule has 1 aromatic heterocycles. The molecule has 0 aliphatic carbocycles. The fraction of sp³-hybridized carbons (Fsp3) is 0.577. The van der Waals surface area contributed by atoms with Crippen molar-refractivity contribution in [1.82, 2.24) is 9.55 Å². The molecule has 1 aliphatic rings. The molecule has 2 N–H and O–H groups in total. The molecule has 2 heterocycles. The number of allylic oxidation sites excluding steroid dienone is 6. The Hall–Kier alpha value is -2.71. The van der Waals surface area contributed by atoms with E-state index in [0.29, 0.717) is 6.42 Å². The van der Waals surface area contributed by atoms with Crippen LogP contribution in [0, 0.1) is 0 Å². The molecule has 1 aromatic rings. The van der Waals surface area contributed by atoms with Crippen LogP contribution in [0.2, 0.25) is 0 Å². The molecule has 8 nitrogen and oxygen atoms in total. The van der Waals surface area contributed by atoms with Gasteiger partial charge >= 0.3 is 11.7 Å². The highest BCUT2D eigenvalue weighted by Gasteiger charge is 2.29. The Kier molecular flexibility index (Phi) is 13.6. The van der Waals surface area contributed by atoms with Gasteiger partial charge in [-0.1, -0.05) is 56.2 Å². The average Bonchev–Trinajstić information content (AvgIpc) is 3.29. The molecule has 0 radical (unpaired) electrons. The largest absolute Gasteiger partial charge is 0.460 e. The highest BCUT2D eigenvalue weighted by atomic mass is 16.7. The normalized spacial score (nSPS) is 18.5. The van der Waals surface area contributed by atoms with Crippen LogP contribution >= 0.6 is 0 Å². The summed E-state index contributed by atoms with van der Waals surface area (Å²) in [6.45, 7) is 2.39. The fourth-order valence-corrected chi connectivity index (χ4v) is 3.38. The lowest BCUT2D eigenvalue weighted by Gasteiger charge is -2.13. The molecule has 0 aromatic carbocycles. The van der Waals surface area contributed by atoms with E-state index in [-0.39, 0.29) is 25.0 Å². The zero-order valence-electron chi connectivity index (χ0n) is 20.3. The maximum atomic E-state index is 11.9. The summed E-state index contributed by atoms with van der Waals surface area (Å²) in [6.07, 6.45) is 23.4. The van der Waals surface area contributed by atoms with E-state index >= 15 is 0 Å². The van der Waals surface area contributed by atoms with Gasteiger partial charge in [0.05, 0.1) is 6.61 Å². The second-order valence-corrected chi connectivity index (χ2v) is 8.21. The molecule has 2 rings (SSSR count). The van der Waals surface area contributed by atoms with Crippen molar-refractivity contribution in [2.24, 2.45) is 0 Å². The number of ether oxygens (including phenoxy) is 3. The number of rotatable bonds is 16. The van der Waals surface area contributed by atoms with Gasteiger partial charge in [-0.3, -0.25) is 9.36 Å². The van der Waals surface area contributed by atoms with Crippen molar-refractivity contribution in [2.75, 3.05) is 18.9 Å². The third-order valence-corrected chi connectivity index (χ3v) is 5.30. The molecular formula is C26H39N3O5. The van der Waals surface area contributed by atoms with E-state index in [9.17, 15) is 9.59 Å². The Balaban J connectivity index is 1.47.